The number of nitrogens with zero attached hydrogens (tertiary/aromatic N) is 2. The first-order valence-corrected chi connectivity index (χ1v) is 13.2. The summed E-state index contributed by atoms with van der Waals surface area (Å²) in [5, 5.41) is 20.3. The van der Waals surface area contributed by atoms with Crippen LogP contribution in [0.5, 0.6) is 0 Å². The molecule has 0 spiro atoms. The number of aryl methyl sites for hydroxylation is 1. The molecule has 1 amide bonds. The number of carboxylic acid groups (broad SMARTS) is 2. The van der Waals surface area contributed by atoms with Crippen LogP contribution in [-0.2, 0) is 14.4 Å². The number of fused-ring (bicyclic) bond motifs is 1. The lowest BCUT2D eigenvalue weighted by molar-refractivity contribution is -0.193. The zero-order valence-electron chi connectivity index (χ0n) is 22.4. The standard InChI is InChI=1S/C23H25BrN4O.2C2HF3O2/c1-15-13-26-14-17-3-2-4-20(21(15)17)27-19-9-11-28(12-10-19)23(29)22(25)16-5-7-18(24)8-6-16;2*3-2(4,5)1(6)7/h2-8,13-14,19,22,27H,9-12,25H2,1H3;2*(H,6,7). The van der Waals surface area contributed by atoms with Crippen LogP contribution in [0.1, 0.15) is 30.0 Å². The summed E-state index contributed by atoms with van der Waals surface area (Å²) in [6.45, 7) is 3.52. The van der Waals surface area contributed by atoms with E-state index in [4.69, 9.17) is 25.5 Å². The second-order valence-corrected chi connectivity index (χ2v) is 10.2. The fourth-order valence-electron chi connectivity index (χ4n) is 4.01. The van der Waals surface area contributed by atoms with Gasteiger partial charge < -0.3 is 26.2 Å². The summed E-state index contributed by atoms with van der Waals surface area (Å²) < 4.78 is 64.5. The highest BCUT2D eigenvalue weighted by Crippen LogP contribution is 2.28. The molecule has 4 rings (SSSR count). The van der Waals surface area contributed by atoms with Crippen LogP contribution < -0.4 is 11.1 Å². The van der Waals surface area contributed by atoms with Crippen molar-refractivity contribution in [1.82, 2.24) is 9.88 Å². The molecule has 5 N–H and O–H groups in total. The van der Waals surface area contributed by atoms with E-state index in [1.807, 2.05) is 41.6 Å². The molecule has 1 saturated heterocycles. The van der Waals surface area contributed by atoms with Gasteiger partial charge in [-0.1, -0.05) is 40.2 Å². The van der Waals surface area contributed by atoms with E-state index < -0.39 is 30.3 Å². The van der Waals surface area contributed by atoms with Crippen LogP contribution in [0, 0.1) is 6.92 Å². The molecular weight excluding hydrogens is 654 g/mol. The molecule has 1 fully saturated rings. The maximum absolute atomic E-state index is 12.8. The summed E-state index contributed by atoms with van der Waals surface area (Å²) in [5.41, 5.74) is 9.38. The predicted molar refractivity (Wildman–Crippen MR) is 148 cm³/mol. The van der Waals surface area contributed by atoms with Crippen molar-refractivity contribution < 1.29 is 50.9 Å². The highest BCUT2D eigenvalue weighted by molar-refractivity contribution is 9.10. The molecule has 1 aliphatic heterocycles. The van der Waals surface area contributed by atoms with Gasteiger partial charge in [-0.15, -0.1) is 0 Å². The number of pyridine rings is 1. The van der Waals surface area contributed by atoms with Crippen molar-refractivity contribution in [3.05, 3.63) is 70.5 Å². The Bertz CT molecular complexity index is 1380. The molecule has 3 aromatic rings. The second-order valence-electron chi connectivity index (χ2n) is 9.24. The van der Waals surface area contributed by atoms with E-state index in [0.717, 1.165) is 34.0 Å². The van der Waals surface area contributed by atoms with Crippen LogP contribution in [-0.4, -0.2) is 69.4 Å². The number of nitrogens with two attached hydrogens (primary N) is 1. The van der Waals surface area contributed by atoms with Gasteiger partial charge in [0.25, 0.3) is 0 Å². The molecule has 0 saturated carbocycles. The third-order valence-corrected chi connectivity index (χ3v) is 6.65. The number of anilines is 1. The van der Waals surface area contributed by atoms with Crippen molar-refractivity contribution in [2.45, 2.75) is 44.2 Å². The normalized spacial score (nSPS) is 14.5. The zero-order valence-corrected chi connectivity index (χ0v) is 24.0. The second kappa shape index (κ2) is 15.0. The topological polar surface area (TPSA) is 146 Å². The maximum atomic E-state index is 12.8. The number of amides is 1. The lowest BCUT2D eigenvalue weighted by Crippen LogP contribution is -2.45. The molecule has 1 aliphatic rings. The third kappa shape index (κ3) is 10.7. The van der Waals surface area contributed by atoms with Crippen molar-refractivity contribution in [2.75, 3.05) is 18.4 Å². The van der Waals surface area contributed by atoms with E-state index in [2.05, 4.69) is 51.4 Å². The molecule has 2 aromatic carbocycles. The molecule has 234 valence electrons. The maximum Gasteiger partial charge on any atom is 0.490 e. The summed E-state index contributed by atoms with van der Waals surface area (Å²) in [5.74, 6) is -5.52. The van der Waals surface area contributed by atoms with Crippen molar-refractivity contribution in [3.8, 4) is 0 Å². The summed E-state index contributed by atoms with van der Waals surface area (Å²) in [7, 11) is 0. The van der Waals surface area contributed by atoms with Crippen LogP contribution in [0.25, 0.3) is 10.8 Å². The SMILES string of the molecule is Cc1cncc2cccc(NC3CCN(C(=O)C(N)c4ccc(Br)cc4)CC3)c12.O=C(O)C(F)(F)F.O=C(O)C(F)(F)F. The van der Waals surface area contributed by atoms with Gasteiger partial charge in [0.05, 0.1) is 0 Å². The molecule has 0 radical (unpaired) electrons. The number of nitrogens with one attached hydrogen (secondary N) is 1. The Morgan fingerprint density at radius 3 is 1.95 bits per heavy atom. The minimum atomic E-state index is -5.08. The molecule has 9 nitrogen and oxygen atoms in total. The third-order valence-electron chi connectivity index (χ3n) is 6.12. The molecule has 43 heavy (non-hydrogen) atoms. The summed E-state index contributed by atoms with van der Waals surface area (Å²) in [4.78, 5) is 36.8. The van der Waals surface area contributed by atoms with Crippen LogP contribution >= 0.6 is 15.9 Å². The molecule has 0 aliphatic carbocycles. The van der Waals surface area contributed by atoms with Crippen molar-refractivity contribution in [1.29, 1.82) is 0 Å². The number of hydrogen-bond donors (Lipinski definition) is 4. The number of halogens is 7. The van der Waals surface area contributed by atoms with Crippen LogP contribution in [0.2, 0.25) is 0 Å². The monoisotopic (exact) mass is 680 g/mol. The number of aromatic nitrogens is 1. The Balaban J connectivity index is 0.000000384. The van der Waals surface area contributed by atoms with Crippen LogP contribution in [0.4, 0.5) is 32.0 Å². The number of piperidine rings is 1. The Morgan fingerprint density at radius 2 is 1.47 bits per heavy atom. The van der Waals surface area contributed by atoms with Gasteiger partial charge in [-0.2, -0.15) is 26.3 Å². The fraction of sp³-hybridized carbons (Fsp3) is 0.333. The van der Waals surface area contributed by atoms with Gasteiger partial charge in [0.2, 0.25) is 5.91 Å². The van der Waals surface area contributed by atoms with Crippen molar-refractivity contribution in [2.24, 2.45) is 5.73 Å². The van der Waals surface area contributed by atoms with Gasteiger partial charge in [0, 0.05) is 52.5 Å². The highest BCUT2D eigenvalue weighted by atomic mass is 79.9. The van der Waals surface area contributed by atoms with Gasteiger partial charge >= 0.3 is 24.3 Å². The minimum absolute atomic E-state index is 0.00199. The van der Waals surface area contributed by atoms with E-state index in [1.54, 1.807) is 0 Å². The van der Waals surface area contributed by atoms with Gasteiger partial charge in [0.1, 0.15) is 6.04 Å². The fourth-order valence-corrected chi connectivity index (χ4v) is 4.27. The molecule has 2 heterocycles. The molecule has 1 atom stereocenters. The first-order valence-electron chi connectivity index (χ1n) is 12.4. The molecular formula is C27H27BrF6N4O5. The first kappa shape index (κ1) is 35.3. The number of carbonyl (C=O) groups excluding carboxylic acids is 1. The Morgan fingerprint density at radius 1 is 0.953 bits per heavy atom. The average molecular weight is 681 g/mol. The van der Waals surface area contributed by atoms with Crippen LogP contribution in [0.15, 0.2) is 59.3 Å². The lowest BCUT2D eigenvalue weighted by Gasteiger charge is -2.34. The van der Waals surface area contributed by atoms with E-state index in [-0.39, 0.29) is 5.91 Å². The summed E-state index contributed by atoms with van der Waals surface area (Å²) in [6, 6.07) is 13.6. The molecule has 1 unspecified atom stereocenters. The molecule has 0 bridgehead atoms. The van der Waals surface area contributed by atoms with Gasteiger partial charge in [-0.25, -0.2) is 9.59 Å². The number of carbonyl (C=O) groups is 3. The number of aliphatic carboxylic acids is 2. The highest BCUT2D eigenvalue weighted by Gasteiger charge is 2.39. The lowest BCUT2D eigenvalue weighted by atomic mass is 10.0. The average Bonchev–Trinajstić information content (AvgIpc) is 2.93. The van der Waals surface area contributed by atoms with Gasteiger partial charge in [-0.3, -0.25) is 9.78 Å². The summed E-state index contributed by atoms with van der Waals surface area (Å²) >= 11 is 3.41. The Hall–Kier alpha value is -3.92. The first-order chi connectivity index (χ1) is 19.9. The van der Waals surface area contributed by atoms with Gasteiger partial charge in [0.15, 0.2) is 0 Å². The number of carboxylic acids is 2. The van der Waals surface area contributed by atoms with E-state index in [9.17, 15) is 31.1 Å². The van der Waals surface area contributed by atoms with Gasteiger partial charge in [-0.05, 0) is 49.1 Å². The number of hydrogen-bond acceptors (Lipinski definition) is 6. The van der Waals surface area contributed by atoms with E-state index in [0.29, 0.717) is 19.1 Å². The van der Waals surface area contributed by atoms with E-state index in [1.165, 1.54) is 10.9 Å². The predicted octanol–water partition coefficient (Wildman–Crippen LogP) is 5.68. The summed E-state index contributed by atoms with van der Waals surface area (Å²) in [6.07, 6.45) is -4.56. The quantitative estimate of drug-likeness (QED) is 0.258. The zero-order chi connectivity index (χ0) is 32.5. The Labute approximate surface area is 249 Å². The number of rotatable bonds is 4. The van der Waals surface area contributed by atoms with E-state index >= 15 is 0 Å². The molecule has 1 aromatic heterocycles. The minimum Gasteiger partial charge on any atom is -0.475 e. The number of alkyl halides is 6. The van der Waals surface area contributed by atoms with Crippen molar-refractivity contribution in [3.63, 3.8) is 0 Å². The smallest absolute Gasteiger partial charge is 0.475 e. The Kier molecular flexibility index (Phi) is 12.3. The molecule has 16 heteroatoms. The van der Waals surface area contributed by atoms with Crippen molar-refractivity contribution >= 4 is 50.2 Å². The number of likely N-dealkylation sites (tertiary alicyclic amines) is 1. The van der Waals surface area contributed by atoms with Crippen LogP contribution in [0.3, 0.4) is 0 Å². The largest absolute Gasteiger partial charge is 0.490 e. The number of benzene rings is 2.